The number of carbonyl (C=O) groups is 1. The average molecular weight is 401 g/mol. The van der Waals surface area contributed by atoms with Gasteiger partial charge < -0.3 is 10.1 Å². The monoisotopic (exact) mass is 401 g/mol. The molecule has 1 atom stereocenters. The third-order valence-corrected chi connectivity index (χ3v) is 5.81. The first-order valence-electron chi connectivity index (χ1n) is 9.80. The quantitative estimate of drug-likeness (QED) is 0.575. The number of nitrogens with one attached hydrogen (secondary N) is 1. The minimum absolute atomic E-state index is 0.0227. The lowest BCUT2D eigenvalue weighted by molar-refractivity contribution is -0.126. The van der Waals surface area contributed by atoms with Crippen molar-refractivity contribution in [2.45, 2.75) is 44.6 Å². The van der Waals surface area contributed by atoms with E-state index in [0.717, 1.165) is 11.6 Å². The molecular formula is C23H22F3NO2. The van der Waals surface area contributed by atoms with Crippen LogP contribution in [0.2, 0.25) is 0 Å². The fourth-order valence-electron chi connectivity index (χ4n) is 4.18. The number of benzene rings is 2. The van der Waals surface area contributed by atoms with Crippen LogP contribution in [0.25, 0.3) is 22.2 Å². The maximum absolute atomic E-state index is 14.4. The molecular weight excluding hydrogens is 379 g/mol. The molecule has 1 aromatic heterocycles. The molecule has 29 heavy (non-hydrogen) atoms. The number of hydrogen-bond acceptors (Lipinski definition) is 2. The predicted octanol–water partition coefficient (Wildman–Crippen LogP) is 5.48. The number of H-pyrrole nitrogens is 1. The van der Waals surface area contributed by atoms with E-state index in [1.165, 1.54) is 18.2 Å². The Kier molecular flexibility index (Phi) is 5.21. The fraction of sp³-hybridized carbons (Fsp3) is 0.348. The molecule has 0 radical (unpaired) electrons. The van der Waals surface area contributed by atoms with E-state index in [0.29, 0.717) is 42.3 Å². The van der Waals surface area contributed by atoms with Crippen LogP contribution in [0.4, 0.5) is 13.2 Å². The average Bonchev–Trinajstić information content (AvgIpc) is 2.99. The van der Waals surface area contributed by atoms with Crippen molar-refractivity contribution in [3.05, 3.63) is 59.4 Å². The molecule has 0 amide bonds. The Balaban J connectivity index is 1.69. The second kappa shape index (κ2) is 7.67. The van der Waals surface area contributed by atoms with Gasteiger partial charge >= 0.3 is 0 Å². The van der Waals surface area contributed by atoms with Gasteiger partial charge in [-0.25, -0.2) is 13.2 Å². The van der Waals surface area contributed by atoms with Gasteiger partial charge in [-0.1, -0.05) is 0 Å². The molecule has 0 saturated heterocycles. The summed E-state index contributed by atoms with van der Waals surface area (Å²) >= 11 is 0. The van der Waals surface area contributed by atoms with Gasteiger partial charge in [0.1, 0.15) is 23.2 Å². The maximum atomic E-state index is 14.4. The minimum Gasteiger partial charge on any atom is -0.393 e. The molecule has 0 aliphatic heterocycles. The van der Waals surface area contributed by atoms with Crippen LogP contribution in [-0.2, 0) is 4.79 Å². The smallest absolute Gasteiger partial charge is 0.150 e. The highest BCUT2D eigenvalue weighted by Gasteiger charge is 2.38. The molecule has 0 unspecified atom stereocenters. The van der Waals surface area contributed by atoms with Crippen molar-refractivity contribution in [1.29, 1.82) is 0 Å². The molecule has 1 saturated carbocycles. The van der Waals surface area contributed by atoms with Gasteiger partial charge in [-0.05, 0) is 73.6 Å². The molecule has 3 aromatic rings. The highest BCUT2D eigenvalue weighted by Crippen LogP contribution is 2.49. The lowest BCUT2D eigenvalue weighted by Gasteiger charge is -2.35. The first kappa shape index (κ1) is 19.7. The predicted molar refractivity (Wildman–Crippen MR) is 105 cm³/mol. The highest BCUT2D eigenvalue weighted by atomic mass is 19.1. The van der Waals surface area contributed by atoms with E-state index in [-0.39, 0.29) is 29.0 Å². The number of halogens is 3. The van der Waals surface area contributed by atoms with Gasteiger partial charge in [-0.15, -0.1) is 0 Å². The molecule has 1 aliphatic carbocycles. The maximum Gasteiger partial charge on any atom is 0.150 e. The van der Waals surface area contributed by atoms with Crippen molar-refractivity contribution in [1.82, 2.24) is 4.98 Å². The van der Waals surface area contributed by atoms with E-state index in [2.05, 4.69) is 4.98 Å². The van der Waals surface area contributed by atoms with Gasteiger partial charge in [0.2, 0.25) is 0 Å². The Morgan fingerprint density at radius 2 is 1.83 bits per heavy atom. The Morgan fingerprint density at radius 3 is 2.48 bits per heavy atom. The van der Waals surface area contributed by atoms with E-state index in [1.54, 1.807) is 19.1 Å². The SMILES string of the molecule is C[C@@H](O)CCC(=O)C1CC(c2c(-c3ccc(F)cc3)[nH]c3c(F)cc(F)cc23)C1. The van der Waals surface area contributed by atoms with Gasteiger partial charge in [-0.3, -0.25) is 4.79 Å². The Labute approximate surface area is 166 Å². The fourth-order valence-corrected chi connectivity index (χ4v) is 4.18. The molecule has 1 aliphatic rings. The molecule has 0 spiro atoms. The summed E-state index contributed by atoms with van der Waals surface area (Å²) < 4.78 is 41.7. The summed E-state index contributed by atoms with van der Waals surface area (Å²) in [5.41, 5.74) is 2.29. The van der Waals surface area contributed by atoms with Crippen LogP contribution in [0.15, 0.2) is 36.4 Å². The number of aliphatic hydroxyl groups is 1. The number of fused-ring (bicyclic) bond motifs is 1. The van der Waals surface area contributed by atoms with E-state index in [9.17, 15) is 23.1 Å². The third-order valence-electron chi connectivity index (χ3n) is 5.81. The summed E-state index contributed by atoms with van der Waals surface area (Å²) in [5.74, 6) is -1.74. The summed E-state index contributed by atoms with van der Waals surface area (Å²) in [6, 6.07) is 7.99. The van der Waals surface area contributed by atoms with E-state index in [1.807, 2.05) is 0 Å². The van der Waals surface area contributed by atoms with Crippen molar-refractivity contribution < 1.29 is 23.1 Å². The number of aromatic nitrogens is 1. The zero-order valence-electron chi connectivity index (χ0n) is 16.0. The van der Waals surface area contributed by atoms with Gasteiger partial charge in [0.15, 0.2) is 0 Å². The number of ketones is 1. The summed E-state index contributed by atoms with van der Waals surface area (Å²) in [4.78, 5) is 15.4. The van der Waals surface area contributed by atoms with Gasteiger partial charge in [0, 0.05) is 23.8 Å². The normalized spacial score (nSPS) is 19.9. The zero-order valence-corrected chi connectivity index (χ0v) is 16.0. The number of aromatic amines is 1. The van der Waals surface area contributed by atoms with Gasteiger partial charge in [0.25, 0.3) is 0 Å². The number of rotatable bonds is 6. The van der Waals surface area contributed by atoms with Crippen LogP contribution in [0.1, 0.15) is 44.1 Å². The van der Waals surface area contributed by atoms with Crippen LogP contribution in [0, 0.1) is 23.4 Å². The minimum atomic E-state index is -0.682. The molecule has 0 bridgehead atoms. The van der Waals surface area contributed by atoms with Crippen molar-refractivity contribution in [3.8, 4) is 11.3 Å². The number of Topliss-reactive ketones (excluding diaryl/α,β-unsaturated/α-hetero) is 1. The molecule has 2 N–H and O–H groups in total. The largest absolute Gasteiger partial charge is 0.393 e. The number of aliphatic hydroxyl groups excluding tert-OH is 1. The third kappa shape index (κ3) is 3.81. The summed E-state index contributed by atoms with van der Waals surface area (Å²) in [6.07, 6.45) is 1.44. The van der Waals surface area contributed by atoms with Gasteiger partial charge in [0.05, 0.1) is 17.3 Å². The molecule has 3 nitrogen and oxygen atoms in total. The second-order valence-electron chi connectivity index (χ2n) is 7.95. The van der Waals surface area contributed by atoms with E-state index < -0.39 is 17.7 Å². The number of hydrogen-bond donors (Lipinski definition) is 2. The lowest BCUT2D eigenvalue weighted by Crippen LogP contribution is -2.29. The molecule has 1 heterocycles. The zero-order chi connectivity index (χ0) is 20.7. The molecule has 4 rings (SSSR count). The van der Waals surface area contributed by atoms with E-state index in [4.69, 9.17) is 0 Å². The summed E-state index contributed by atoms with van der Waals surface area (Å²) in [5, 5.41) is 9.83. The first-order chi connectivity index (χ1) is 13.8. The topological polar surface area (TPSA) is 53.1 Å². The Hall–Kier alpha value is -2.60. The summed E-state index contributed by atoms with van der Waals surface area (Å²) in [7, 11) is 0. The van der Waals surface area contributed by atoms with Crippen LogP contribution >= 0.6 is 0 Å². The molecule has 152 valence electrons. The number of carbonyl (C=O) groups excluding carboxylic acids is 1. The van der Waals surface area contributed by atoms with Gasteiger partial charge in [-0.2, -0.15) is 0 Å². The van der Waals surface area contributed by atoms with Crippen molar-refractivity contribution in [2.75, 3.05) is 0 Å². The van der Waals surface area contributed by atoms with Crippen LogP contribution in [-0.4, -0.2) is 22.0 Å². The standard InChI is InChI=1S/C23H22F3NO2/c1-12(28)2-7-20(29)14-8-15(9-14)21-18-10-17(25)11-19(26)23(18)27-22(21)13-3-5-16(24)6-4-13/h3-6,10-12,14-15,27-28H,2,7-9H2,1H3/t12-,14?,15?/m1/s1. The van der Waals surface area contributed by atoms with Crippen LogP contribution in [0.3, 0.4) is 0 Å². The van der Waals surface area contributed by atoms with Crippen molar-refractivity contribution in [3.63, 3.8) is 0 Å². The highest BCUT2D eigenvalue weighted by molar-refractivity contribution is 5.92. The lowest BCUT2D eigenvalue weighted by atomic mass is 9.68. The van der Waals surface area contributed by atoms with Crippen LogP contribution in [0.5, 0.6) is 0 Å². The molecule has 2 aromatic carbocycles. The Morgan fingerprint density at radius 1 is 1.14 bits per heavy atom. The van der Waals surface area contributed by atoms with E-state index >= 15 is 0 Å². The molecule has 6 heteroatoms. The molecule has 1 fully saturated rings. The second-order valence-corrected chi connectivity index (χ2v) is 7.95. The van der Waals surface area contributed by atoms with Crippen LogP contribution < -0.4 is 0 Å². The first-order valence-corrected chi connectivity index (χ1v) is 9.80. The van der Waals surface area contributed by atoms with Crippen molar-refractivity contribution in [2.24, 2.45) is 5.92 Å². The Bertz CT molecular complexity index is 1050. The summed E-state index contributed by atoms with van der Waals surface area (Å²) in [6.45, 7) is 1.65. The van der Waals surface area contributed by atoms with Crippen molar-refractivity contribution >= 4 is 16.7 Å².